The van der Waals surface area contributed by atoms with Gasteiger partial charge in [0.05, 0.1) is 6.04 Å². The largest absolute Gasteiger partial charge is 0.451 e. The number of thiophene rings is 2. The van der Waals surface area contributed by atoms with Crippen molar-refractivity contribution in [3.8, 4) is 11.4 Å². The highest BCUT2D eigenvalue weighted by molar-refractivity contribution is 7.11. The van der Waals surface area contributed by atoms with Crippen LogP contribution in [0.3, 0.4) is 0 Å². The van der Waals surface area contributed by atoms with Gasteiger partial charge >= 0.3 is 5.97 Å². The number of nitrogens with zero attached hydrogens (tertiary/aromatic N) is 4. The van der Waals surface area contributed by atoms with Crippen LogP contribution in [0.15, 0.2) is 65.4 Å². The number of tetrazole rings is 1. The van der Waals surface area contributed by atoms with Crippen LogP contribution in [0, 0.1) is 0 Å². The van der Waals surface area contributed by atoms with Gasteiger partial charge in [-0.05, 0) is 46.3 Å². The summed E-state index contributed by atoms with van der Waals surface area (Å²) < 4.78 is 6.64. The molecule has 0 bridgehead atoms. The van der Waals surface area contributed by atoms with Gasteiger partial charge in [-0.1, -0.05) is 42.5 Å². The fraction of sp³-hybridized carbons (Fsp3) is 0.136. The highest BCUT2D eigenvalue weighted by atomic mass is 32.1. The molecule has 1 amide bonds. The van der Waals surface area contributed by atoms with E-state index < -0.39 is 18.5 Å². The molecule has 162 valence electrons. The molecule has 0 aliphatic rings. The first-order chi connectivity index (χ1) is 15.6. The van der Waals surface area contributed by atoms with Gasteiger partial charge in [-0.2, -0.15) is 4.68 Å². The molecule has 4 rings (SSSR count). The van der Waals surface area contributed by atoms with Gasteiger partial charge in [0.15, 0.2) is 18.1 Å². The second-order valence-electron chi connectivity index (χ2n) is 6.71. The third-order valence-electron chi connectivity index (χ3n) is 4.44. The van der Waals surface area contributed by atoms with Crippen molar-refractivity contribution >= 4 is 46.3 Å². The summed E-state index contributed by atoms with van der Waals surface area (Å²) in [5.74, 6) is -0.711. The van der Waals surface area contributed by atoms with Crippen molar-refractivity contribution in [3.05, 3.63) is 75.1 Å². The molecule has 0 aliphatic carbocycles. The summed E-state index contributed by atoms with van der Waals surface area (Å²) in [6.45, 7) is 1.46. The van der Waals surface area contributed by atoms with Crippen LogP contribution in [-0.4, -0.2) is 38.7 Å². The molecule has 4 aromatic rings. The number of hydrogen-bond donors (Lipinski definition) is 1. The first kappa shape index (κ1) is 21.6. The lowest BCUT2D eigenvalue weighted by molar-refractivity contribution is -0.143. The van der Waals surface area contributed by atoms with E-state index in [2.05, 4.69) is 20.8 Å². The van der Waals surface area contributed by atoms with Gasteiger partial charge in [0.1, 0.15) is 0 Å². The normalized spacial score (nSPS) is 12.3. The summed E-state index contributed by atoms with van der Waals surface area (Å²) in [6, 6.07) is 16.7. The van der Waals surface area contributed by atoms with Crippen molar-refractivity contribution in [2.24, 2.45) is 0 Å². The SMILES string of the molecule is CC(NC(=O)COC(=O)/C(=C\c1cccs1)n1nnnc1-c1ccccc1)c1cccs1. The van der Waals surface area contributed by atoms with Gasteiger partial charge in [0.25, 0.3) is 5.91 Å². The number of hydrogen-bond acceptors (Lipinski definition) is 8. The van der Waals surface area contributed by atoms with E-state index in [0.29, 0.717) is 5.82 Å². The summed E-state index contributed by atoms with van der Waals surface area (Å²) in [5.41, 5.74) is 0.848. The zero-order valence-corrected chi connectivity index (χ0v) is 18.7. The minimum atomic E-state index is -0.707. The number of carbonyl (C=O) groups excluding carboxylic acids is 2. The van der Waals surface area contributed by atoms with Crippen molar-refractivity contribution in [1.29, 1.82) is 0 Å². The van der Waals surface area contributed by atoms with Crippen LogP contribution in [0.5, 0.6) is 0 Å². The number of amides is 1. The molecule has 3 heterocycles. The Balaban J connectivity index is 1.53. The third kappa shape index (κ3) is 5.16. The van der Waals surface area contributed by atoms with Crippen LogP contribution in [-0.2, 0) is 14.3 Å². The predicted octanol–water partition coefficient (Wildman–Crippen LogP) is 3.88. The zero-order chi connectivity index (χ0) is 22.3. The Morgan fingerprint density at radius 1 is 1.09 bits per heavy atom. The Hall–Kier alpha value is -3.63. The van der Waals surface area contributed by atoms with E-state index in [1.165, 1.54) is 16.0 Å². The van der Waals surface area contributed by atoms with Crippen LogP contribution in [0.2, 0.25) is 0 Å². The summed E-state index contributed by atoms with van der Waals surface area (Å²) in [5, 5.41) is 18.4. The van der Waals surface area contributed by atoms with Crippen molar-refractivity contribution < 1.29 is 14.3 Å². The Bertz CT molecular complexity index is 1200. The minimum absolute atomic E-state index is 0.107. The van der Waals surface area contributed by atoms with E-state index in [1.807, 2.05) is 72.3 Å². The second-order valence-corrected chi connectivity index (χ2v) is 8.66. The molecular weight excluding hydrogens is 446 g/mol. The monoisotopic (exact) mass is 465 g/mol. The number of benzene rings is 1. The average Bonchev–Trinajstić information content (AvgIpc) is 3.58. The van der Waals surface area contributed by atoms with E-state index in [9.17, 15) is 9.59 Å². The first-order valence-corrected chi connectivity index (χ1v) is 11.5. The van der Waals surface area contributed by atoms with E-state index in [-0.39, 0.29) is 11.7 Å². The predicted molar refractivity (Wildman–Crippen MR) is 124 cm³/mol. The van der Waals surface area contributed by atoms with Gasteiger partial charge in [0, 0.05) is 15.3 Å². The van der Waals surface area contributed by atoms with Crippen molar-refractivity contribution in [2.75, 3.05) is 6.61 Å². The van der Waals surface area contributed by atoms with Crippen molar-refractivity contribution in [2.45, 2.75) is 13.0 Å². The zero-order valence-electron chi connectivity index (χ0n) is 17.0. The maximum Gasteiger partial charge on any atom is 0.357 e. The number of nitrogens with one attached hydrogen (secondary N) is 1. The van der Waals surface area contributed by atoms with E-state index in [0.717, 1.165) is 15.3 Å². The highest BCUT2D eigenvalue weighted by Gasteiger charge is 2.22. The lowest BCUT2D eigenvalue weighted by Crippen LogP contribution is -2.31. The van der Waals surface area contributed by atoms with Crippen molar-refractivity contribution in [1.82, 2.24) is 25.5 Å². The molecule has 1 unspecified atom stereocenters. The fourth-order valence-corrected chi connectivity index (χ4v) is 4.31. The molecule has 1 aromatic carbocycles. The lowest BCUT2D eigenvalue weighted by atomic mass is 10.2. The Morgan fingerprint density at radius 3 is 2.59 bits per heavy atom. The Morgan fingerprint density at radius 2 is 1.88 bits per heavy atom. The number of esters is 1. The number of rotatable bonds is 8. The fourth-order valence-electron chi connectivity index (χ4n) is 2.93. The van der Waals surface area contributed by atoms with E-state index in [1.54, 1.807) is 17.4 Å². The molecule has 0 aliphatic heterocycles. The summed E-state index contributed by atoms with van der Waals surface area (Å²) in [4.78, 5) is 27.1. The van der Waals surface area contributed by atoms with Gasteiger partial charge in [-0.15, -0.1) is 27.8 Å². The molecule has 1 atom stereocenters. The molecule has 1 N–H and O–H groups in total. The maximum absolute atomic E-state index is 13.0. The molecule has 10 heteroatoms. The maximum atomic E-state index is 13.0. The number of carbonyl (C=O) groups is 2. The van der Waals surface area contributed by atoms with Crippen LogP contribution >= 0.6 is 22.7 Å². The molecular formula is C22H19N5O3S2. The topological polar surface area (TPSA) is 99.0 Å². The summed E-state index contributed by atoms with van der Waals surface area (Å²) >= 11 is 3.00. The molecule has 0 saturated carbocycles. The lowest BCUT2D eigenvalue weighted by Gasteiger charge is -2.13. The second kappa shape index (κ2) is 10.1. The third-order valence-corrected chi connectivity index (χ3v) is 6.32. The molecule has 3 aromatic heterocycles. The van der Waals surface area contributed by atoms with Crippen LogP contribution < -0.4 is 5.32 Å². The van der Waals surface area contributed by atoms with Crippen LogP contribution in [0.1, 0.15) is 22.7 Å². The van der Waals surface area contributed by atoms with Gasteiger partial charge in [-0.25, -0.2) is 4.79 Å². The molecule has 0 spiro atoms. The summed E-state index contributed by atoms with van der Waals surface area (Å²) in [6.07, 6.45) is 1.64. The van der Waals surface area contributed by atoms with Gasteiger partial charge in [-0.3, -0.25) is 4.79 Å². The molecule has 0 fully saturated rings. The van der Waals surface area contributed by atoms with E-state index >= 15 is 0 Å². The highest BCUT2D eigenvalue weighted by Crippen LogP contribution is 2.23. The van der Waals surface area contributed by atoms with Crippen LogP contribution in [0.25, 0.3) is 23.2 Å². The van der Waals surface area contributed by atoms with Gasteiger partial charge < -0.3 is 10.1 Å². The van der Waals surface area contributed by atoms with Crippen LogP contribution in [0.4, 0.5) is 0 Å². The quantitative estimate of drug-likeness (QED) is 0.313. The molecule has 0 radical (unpaired) electrons. The molecule has 32 heavy (non-hydrogen) atoms. The van der Waals surface area contributed by atoms with E-state index in [4.69, 9.17) is 4.74 Å². The molecule has 0 saturated heterocycles. The minimum Gasteiger partial charge on any atom is -0.451 e. The Kier molecular flexibility index (Phi) is 6.83. The summed E-state index contributed by atoms with van der Waals surface area (Å²) in [7, 11) is 0. The van der Waals surface area contributed by atoms with Crippen molar-refractivity contribution in [3.63, 3.8) is 0 Å². The number of aromatic nitrogens is 4. The average molecular weight is 466 g/mol. The van der Waals surface area contributed by atoms with Gasteiger partial charge in [0.2, 0.25) is 0 Å². The first-order valence-electron chi connectivity index (χ1n) is 9.71. The smallest absolute Gasteiger partial charge is 0.357 e. The standard InChI is InChI=1S/C22H19N5O3S2/c1-15(19-10-6-12-32-19)23-20(28)14-30-22(29)18(13-17-9-5-11-31-17)27-21(24-25-26-27)16-7-3-2-4-8-16/h2-13,15H,14H2,1H3,(H,23,28)/b18-13+. The Labute approximate surface area is 192 Å². The number of ether oxygens (including phenoxy) is 1. The molecule has 8 nitrogen and oxygen atoms in total.